The van der Waals surface area contributed by atoms with Crippen molar-refractivity contribution >= 4 is 0 Å². The number of rotatable bonds is 4. The number of aromatic nitrogens is 3. The van der Waals surface area contributed by atoms with Crippen LogP contribution in [0.25, 0.3) is 0 Å². The van der Waals surface area contributed by atoms with Gasteiger partial charge in [0, 0.05) is 0 Å². The van der Waals surface area contributed by atoms with E-state index in [9.17, 15) is 0 Å². The van der Waals surface area contributed by atoms with Gasteiger partial charge in [-0.2, -0.15) is 5.10 Å². The third kappa shape index (κ3) is 2.14. The number of nitrogens with zero attached hydrogens (tertiary/aromatic N) is 3. The van der Waals surface area contributed by atoms with Crippen molar-refractivity contribution in [1.29, 1.82) is 0 Å². The van der Waals surface area contributed by atoms with Crippen LogP contribution in [0.15, 0.2) is 12.7 Å². The Balaban J connectivity index is 2.15. The van der Waals surface area contributed by atoms with E-state index >= 15 is 0 Å². The van der Waals surface area contributed by atoms with Crippen LogP contribution in [0, 0.1) is 0 Å². The molecule has 4 heteroatoms. The van der Waals surface area contributed by atoms with Gasteiger partial charge in [0.25, 0.3) is 0 Å². The van der Waals surface area contributed by atoms with E-state index in [0.717, 1.165) is 19.6 Å². The predicted molar refractivity (Wildman–Crippen MR) is 38.3 cm³/mol. The molecule has 0 bridgehead atoms. The summed E-state index contributed by atoms with van der Waals surface area (Å²) >= 11 is 0. The smallest absolute Gasteiger partial charge is 0.137 e. The molecular weight excluding hydrogens is 128 g/mol. The summed E-state index contributed by atoms with van der Waals surface area (Å²) in [7, 11) is 0. The summed E-state index contributed by atoms with van der Waals surface area (Å²) in [5.74, 6) is 0. The van der Waals surface area contributed by atoms with Crippen molar-refractivity contribution in [3.05, 3.63) is 12.7 Å². The number of hydrogen-bond acceptors (Lipinski definition) is 3. The van der Waals surface area contributed by atoms with Crippen molar-refractivity contribution in [1.82, 2.24) is 20.1 Å². The molecule has 10 heavy (non-hydrogen) atoms. The molecule has 0 aromatic carbocycles. The Labute approximate surface area is 60.3 Å². The Morgan fingerprint density at radius 3 is 3.10 bits per heavy atom. The summed E-state index contributed by atoms with van der Waals surface area (Å²) in [6.07, 6.45) is 4.38. The topological polar surface area (TPSA) is 42.7 Å². The molecule has 0 spiro atoms. The van der Waals surface area contributed by atoms with Gasteiger partial charge in [-0.05, 0) is 13.0 Å². The van der Waals surface area contributed by atoms with Crippen molar-refractivity contribution in [3.63, 3.8) is 0 Å². The van der Waals surface area contributed by atoms with Crippen LogP contribution < -0.4 is 5.32 Å². The molecule has 0 aliphatic rings. The number of nitrogens with one attached hydrogen (secondary N) is 1. The summed E-state index contributed by atoms with van der Waals surface area (Å²) in [4.78, 5) is 3.81. The first-order valence-corrected chi connectivity index (χ1v) is 3.46. The molecule has 0 aliphatic heterocycles. The van der Waals surface area contributed by atoms with Gasteiger partial charge in [-0.25, -0.2) is 9.67 Å². The van der Waals surface area contributed by atoms with E-state index in [2.05, 4.69) is 22.3 Å². The zero-order chi connectivity index (χ0) is 7.23. The first-order chi connectivity index (χ1) is 4.93. The van der Waals surface area contributed by atoms with Gasteiger partial charge in [0.1, 0.15) is 12.7 Å². The lowest BCUT2D eigenvalue weighted by Crippen LogP contribution is -2.19. The molecule has 4 nitrogen and oxygen atoms in total. The van der Waals surface area contributed by atoms with Gasteiger partial charge in [0.15, 0.2) is 0 Å². The van der Waals surface area contributed by atoms with E-state index in [-0.39, 0.29) is 0 Å². The maximum absolute atomic E-state index is 3.93. The van der Waals surface area contributed by atoms with Crippen LogP contribution in [-0.2, 0) is 6.67 Å². The fourth-order valence-electron chi connectivity index (χ4n) is 0.685. The molecule has 1 aromatic rings. The van der Waals surface area contributed by atoms with Gasteiger partial charge >= 0.3 is 0 Å². The molecule has 0 aliphatic carbocycles. The highest BCUT2D eigenvalue weighted by atomic mass is 15.4. The Bertz CT molecular complexity index is 158. The Hall–Kier alpha value is -0.900. The highest BCUT2D eigenvalue weighted by molar-refractivity contribution is 4.54. The van der Waals surface area contributed by atoms with Crippen LogP contribution in [0.4, 0.5) is 0 Å². The highest BCUT2D eigenvalue weighted by Crippen LogP contribution is 1.76. The van der Waals surface area contributed by atoms with Gasteiger partial charge in [-0.3, -0.25) is 5.32 Å². The molecule has 1 rings (SSSR count). The zero-order valence-corrected chi connectivity index (χ0v) is 6.12. The Morgan fingerprint density at radius 1 is 1.60 bits per heavy atom. The highest BCUT2D eigenvalue weighted by Gasteiger charge is 1.86. The van der Waals surface area contributed by atoms with Crippen molar-refractivity contribution in [2.45, 2.75) is 20.0 Å². The molecule has 0 atom stereocenters. The summed E-state index contributed by atoms with van der Waals surface area (Å²) in [5, 5.41) is 7.13. The molecule has 0 saturated heterocycles. The van der Waals surface area contributed by atoms with Crippen molar-refractivity contribution < 1.29 is 0 Å². The van der Waals surface area contributed by atoms with Crippen LogP contribution in [0.3, 0.4) is 0 Å². The molecule has 0 saturated carbocycles. The average Bonchev–Trinajstić information content (AvgIpc) is 2.41. The lowest BCUT2D eigenvalue weighted by molar-refractivity contribution is 0.510. The summed E-state index contributed by atoms with van der Waals surface area (Å²) < 4.78 is 1.76. The summed E-state index contributed by atoms with van der Waals surface area (Å²) in [6, 6.07) is 0. The minimum Gasteiger partial charge on any atom is -0.298 e. The normalized spacial score (nSPS) is 10.1. The molecule has 0 amide bonds. The molecule has 0 fully saturated rings. The lowest BCUT2D eigenvalue weighted by atomic mass is 10.5. The van der Waals surface area contributed by atoms with Crippen LogP contribution >= 0.6 is 0 Å². The fourth-order valence-corrected chi connectivity index (χ4v) is 0.685. The molecule has 56 valence electrons. The number of hydrogen-bond donors (Lipinski definition) is 1. The molecule has 1 heterocycles. The maximum Gasteiger partial charge on any atom is 0.137 e. The molecular formula is C6H12N4. The van der Waals surface area contributed by atoms with Gasteiger partial charge in [0.05, 0.1) is 6.67 Å². The lowest BCUT2D eigenvalue weighted by Gasteiger charge is -2.00. The van der Waals surface area contributed by atoms with E-state index in [4.69, 9.17) is 0 Å². The van der Waals surface area contributed by atoms with E-state index in [1.54, 1.807) is 11.0 Å². The second-order valence-corrected chi connectivity index (χ2v) is 2.09. The second-order valence-electron chi connectivity index (χ2n) is 2.09. The average molecular weight is 140 g/mol. The van der Waals surface area contributed by atoms with Crippen LogP contribution in [0.2, 0.25) is 0 Å². The predicted octanol–water partition coefficient (Wildman–Crippen LogP) is 0.235. The van der Waals surface area contributed by atoms with Crippen LogP contribution in [0.1, 0.15) is 13.3 Å². The molecule has 1 aromatic heterocycles. The Morgan fingerprint density at radius 2 is 2.50 bits per heavy atom. The van der Waals surface area contributed by atoms with Crippen LogP contribution in [0.5, 0.6) is 0 Å². The molecule has 1 N–H and O–H groups in total. The third-order valence-corrected chi connectivity index (χ3v) is 1.17. The SMILES string of the molecule is CCCNCn1cncn1. The maximum atomic E-state index is 3.93. The minimum absolute atomic E-state index is 0.758. The van der Waals surface area contributed by atoms with Gasteiger partial charge in [0.2, 0.25) is 0 Å². The summed E-state index contributed by atoms with van der Waals surface area (Å²) in [5.41, 5.74) is 0. The third-order valence-electron chi connectivity index (χ3n) is 1.17. The Kier molecular flexibility index (Phi) is 2.89. The molecule has 0 unspecified atom stereocenters. The standard InChI is InChI=1S/C6H12N4/c1-2-3-7-5-10-6-8-4-9-10/h4,6-7H,2-3,5H2,1H3. The van der Waals surface area contributed by atoms with Gasteiger partial charge in [-0.1, -0.05) is 6.92 Å². The minimum atomic E-state index is 0.758. The largest absolute Gasteiger partial charge is 0.298 e. The summed E-state index contributed by atoms with van der Waals surface area (Å²) in [6.45, 7) is 3.92. The first kappa shape index (κ1) is 7.21. The fraction of sp³-hybridized carbons (Fsp3) is 0.667. The van der Waals surface area contributed by atoms with Crippen molar-refractivity contribution in [2.24, 2.45) is 0 Å². The van der Waals surface area contributed by atoms with E-state index in [1.165, 1.54) is 6.33 Å². The van der Waals surface area contributed by atoms with Crippen LogP contribution in [-0.4, -0.2) is 21.3 Å². The zero-order valence-electron chi connectivity index (χ0n) is 6.12. The van der Waals surface area contributed by atoms with E-state index in [1.807, 2.05) is 0 Å². The van der Waals surface area contributed by atoms with E-state index < -0.39 is 0 Å². The van der Waals surface area contributed by atoms with Gasteiger partial charge < -0.3 is 0 Å². The van der Waals surface area contributed by atoms with Gasteiger partial charge in [-0.15, -0.1) is 0 Å². The van der Waals surface area contributed by atoms with Crippen molar-refractivity contribution in [3.8, 4) is 0 Å². The first-order valence-electron chi connectivity index (χ1n) is 3.46. The van der Waals surface area contributed by atoms with E-state index in [0.29, 0.717) is 0 Å². The monoisotopic (exact) mass is 140 g/mol. The second kappa shape index (κ2) is 4.00. The van der Waals surface area contributed by atoms with Crippen molar-refractivity contribution in [2.75, 3.05) is 6.54 Å². The molecule has 0 radical (unpaired) electrons. The quantitative estimate of drug-likeness (QED) is 0.609.